The summed E-state index contributed by atoms with van der Waals surface area (Å²) in [6.45, 7) is 2.90. The number of rotatable bonds is 39. The SMILES string of the molecule is OCCCCCCCCCCCCON(OCCCCCCCCCCCCO)OCCCCCCCCCCCCO. The number of hydrogen-bond donors (Lipinski definition) is 3. The first-order valence-electron chi connectivity index (χ1n) is 18.9. The van der Waals surface area contributed by atoms with Crippen LogP contribution in [0, 0.1) is 0 Å². The summed E-state index contributed by atoms with van der Waals surface area (Å²) in [5.41, 5.74) is 0. The highest BCUT2D eigenvalue weighted by Crippen LogP contribution is 2.14. The van der Waals surface area contributed by atoms with E-state index in [0.717, 1.165) is 57.8 Å². The van der Waals surface area contributed by atoms with E-state index in [1.165, 1.54) is 140 Å². The van der Waals surface area contributed by atoms with Gasteiger partial charge in [-0.15, -0.1) is 0 Å². The van der Waals surface area contributed by atoms with Crippen molar-refractivity contribution in [2.24, 2.45) is 0 Å². The zero-order valence-electron chi connectivity index (χ0n) is 28.5. The summed E-state index contributed by atoms with van der Waals surface area (Å²) in [5, 5.41) is 27.9. The summed E-state index contributed by atoms with van der Waals surface area (Å²) in [4.78, 5) is 17.6. The van der Waals surface area contributed by atoms with E-state index in [1.807, 2.05) is 0 Å². The molecule has 0 rings (SSSR count). The molecule has 0 unspecified atom stereocenters. The Bertz CT molecular complexity index is 418. The predicted octanol–water partition coefficient (Wildman–Crippen LogP) is 9.76. The fraction of sp³-hybridized carbons (Fsp3) is 1.00. The van der Waals surface area contributed by atoms with Gasteiger partial charge in [0.2, 0.25) is 0 Å². The van der Waals surface area contributed by atoms with Gasteiger partial charge in [-0.2, -0.15) is 0 Å². The molecule has 0 aromatic carbocycles. The predicted molar refractivity (Wildman–Crippen MR) is 179 cm³/mol. The Balaban J connectivity index is 3.90. The van der Waals surface area contributed by atoms with Gasteiger partial charge in [0.25, 0.3) is 0 Å². The molecular formula is C36H75NO6. The van der Waals surface area contributed by atoms with Crippen molar-refractivity contribution in [3.63, 3.8) is 0 Å². The fourth-order valence-corrected chi connectivity index (χ4v) is 5.41. The Morgan fingerprint density at radius 2 is 0.395 bits per heavy atom. The van der Waals surface area contributed by atoms with Crippen LogP contribution >= 0.6 is 0 Å². The van der Waals surface area contributed by atoms with Crippen LogP contribution in [0.5, 0.6) is 0 Å². The van der Waals surface area contributed by atoms with Gasteiger partial charge < -0.3 is 15.3 Å². The number of hydrogen-bond acceptors (Lipinski definition) is 7. The molecule has 0 aromatic rings. The first-order chi connectivity index (χ1) is 21.3. The number of nitrogens with zero attached hydrogens (tertiary/aromatic N) is 1. The van der Waals surface area contributed by atoms with Crippen molar-refractivity contribution in [3.05, 3.63) is 0 Å². The minimum absolute atomic E-state index is 0.331. The lowest BCUT2D eigenvalue weighted by Gasteiger charge is -2.20. The number of unbranched alkanes of at least 4 members (excludes halogenated alkanes) is 27. The Morgan fingerprint density at radius 3 is 0.581 bits per heavy atom. The van der Waals surface area contributed by atoms with Crippen molar-refractivity contribution in [1.82, 2.24) is 5.39 Å². The van der Waals surface area contributed by atoms with Gasteiger partial charge in [0.1, 0.15) is 0 Å². The fourth-order valence-electron chi connectivity index (χ4n) is 5.41. The van der Waals surface area contributed by atoms with Gasteiger partial charge >= 0.3 is 0 Å². The lowest BCUT2D eigenvalue weighted by molar-refractivity contribution is -0.526. The van der Waals surface area contributed by atoms with E-state index in [9.17, 15) is 0 Å². The molecule has 3 N–H and O–H groups in total. The van der Waals surface area contributed by atoms with Gasteiger partial charge in [0.05, 0.1) is 25.2 Å². The summed E-state index contributed by atoms with van der Waals surface area (Å²) in [5.74, 6) is 0. The quantitative estimate of drug-likeness (QED) is 0.0467. The van der Waals surface area contributed by atoms with E-state index in [4.69, 9.17) is 29.8 Å². The monoisotopic (exact) mass is 618 g/mol. The lowest BCUT2D eigenvalue weighted by Crippen LogP contribution is -2.26. The summed E-state index contributed by atoms with van der Waals surface area (Å²) < 4.78 is 0. The van der Waals surface area contributed by atoms with Crippen LogP contribution < -0.4 is 0 Å². The summed E-state index contributed by atoms with van der Waals surface area (Å²) in [7, 11) is 0. The second-order valence-corrected chi connectivity index (χ2v) is 12.5. The molecule has 7 nitrogen and oxygen atoms in total. The van der Waals surface area contributed by atoms with E-state index in [-0.39, 0.29) is 0 Å². The smallest absolute Gasteiger partial charge is 0.0766 e. The normalized spacial score (nSPS) is 11.7. The van der Waals surface area contributed by atoms with Crippen LogP contribution in [-0.4, -0.2) is 60.4 Å². The second kappa shape index (κ2) is 39.7. The van der Waals surface area contributed by atoms with Crippen molar-refractivity contribution >= 4 is 0 Å². The van der Waals surface area contributed by atoms with Crippen LogP contribution in [0.2, 0.25) is 0 Å². The average Bonchev–Trinajstić information content (AvgIpc) is 3.02. The molecule has 0 aliphatic carbocycles. The Labute approximate surface area is 267 Å². The minimum Gasteiger partial charge on any atom is -0.396 e. The first kappa shape index (κ1) is 42.7. The summed E-state index contributed by atoms with van der Waals surface area (Å²) in [6, 6.07) is 0. The van der Waals surface area contributed by atoms with E-state index >= 15 is 0 Å². The maximum atomic E-state index is 8.85. The van der Waals surface area contributed by atoms with Crippen molar-refractivity contribution in [1.29, 1.82) is 0 Å². The lowest BCUT2D eigenvalue weighted by atomic mass is 10.1. The third-order valence-electron chi connectivity index (χ3n) is 8.25. The van der Waals surface area contributed by atoms with Gasteiger partial charge in [-0.3, -0.25) is 14.5 Å². The van der Waals surface area contributed by atoms with Crippen molar-refractivity contribution in [2.75, 3.05) is 39.6 Å². The van der Waals surface area contributed by atoms with Crippen LogP contribution in [-0.2, 0) is 14.5 Å². The molecule has 43 heavy (non-hydrogen) atoms. The van der Waals surface area contributed by atoms with Gasteiger partial charge in [0.15, 0.2) is 0 Å². The van der Waals surface area contributed by atoms with Crippen LogP contribution in [0.4, 0.5) is 0 Å². The molecule has 7 heteroatoms. The zero-order valence-corrected chi connectivity index (χ0v) is 28.5. The van der Waals surface area contributed by atoms with Crippen LogP contribution in [0.25, 0.3) is 0 Å². The highest BCUT2D eigenvalue weighted by molar-refractivity contribution is 4.50. The Hall–Kier alpha value is -0.280. The second-order valence-electron chi connectivity index (χ2n) is 12.5. The van der Waals surface area contributed by atoms with Crippen LogP contribution in [0.3, 0.4) is 0 Å². The third-order valence-corrected chi connectivity index (χ3v) is 8.25. The van der Waals surface area contributed by atoms with E-state index in [1.54, 1.807) is 0 Å². The first-order valence-corrected chi connectivity index (χ1v) is 18.9. The molecule has 0 atom stereocenters. The summed E-state index contributed by atoms with van der Waals surface area (Å²) >= 11 is 0. The van der Waals surface area contributed by atoms with Crippen molar-refractivity contribution < 1.29 is 29.8 Å². The maximum absolute atomic E-state index is 8.85. The largest absolute Gasteiger partial charge is 0.396 e. The number of aliphatic hydroxyl groups excluding tert-OH is 3. The molecule has 0 aliphatic rings. The average molecular weight is 618 g/mol. The molecule has 0 saturated carbocycles. The molecule has 0 spiro atoms. The van der Waals surface area contributed by atoms with Crippen molar-refractivity contribution in [3.8, 4) is 0 Å². The molecule has 260 valence electrons. The topological polar surface area (TPSA) is 91.6 Å². The van der Waals surface area contributed by atoms with Crippen molar-refractivity contribution in [2.45, 2.75) is 193 Å². The van der Waals surface area contributed by atoms with Gasteiger partial charge in [-0.1, -0.05) is 154 Å². The highest BCUT2D eigenvalue weighted by atomic mass is 17.2. The van der Waals surface area contributed by atoms with E-state index in [2.05, 4.69) is 0 Å². The molecule has 0 amide bonds. The molecule has 0 saturated heterocycles. The molecule has 0 aromatic heterocycles. The van der Waals surface area contributed by atoms with E-state index in [0.29, 0.717) is 39.6 Å². The zero-order chi connectivity index (χ0) is 31.2. The van der Waals surface area contributed by atoms with Gasteiger partial charge in [-0.05, 0) is 38.5 Å². The molecule has 0 radical (unpaired) electrons. The van der Waals surface area contributed by atoms with E-state index < -0.39 is 0 Å². The number of aliphatic hydroxyl groups is 3. The summed E-state index contributed by atoms with van der Waals surface area (Å²) in [6.07, 6.45) is 36.2. The Kier molecular flexibility index (Phi) is 39.5. The minimum atomic E-state index is 0.331. The van der Waals surface area contributed by atoms with Crippen LogP contribution in [0.15, 0.2) is 0 Å². The molecular weight excluding hydrogens is 542 g/mol. The highest BCUT2D eigenvalue weighted by Gasteiger charge is 2.08. The maximum Gasteiger partial charge on any atom is 0.0766 e. The molecule has 0 aliphatic heterocycles. The standard InChI is InChI=1S/C36H75NO6/c38-31-25-19-13-7-1-4-10-16-22-28-34-41-37(42-35-29-23-17-11-5-2-8-14-20-26-32-39)43-36-30-24-18-12-6-3-9-15-21-27-33-40/h38-40H,1-36H2. The molecule has 0 heterocycles. The van der Waals surface area contributed by atoms with Gasteiger partial charge in [0, 0.05) is 19.8 Å². The molecule has 0 bridgehead atoms. The Morgan fingerprint density at radius 1 is 0.233 bits per heavy atom. The van der Waals surface area contributed by atoms with Crippen LogP contribution in [0.1, 0.15) is 193 Å². The van der Waals surface area contributed by atoms with Gasteiger partial charge in [-0.25, -0.2) is 0 Å². The third kappa shape index (κ3) is 37.8. The molecule has 0 fully saturated rings.